The molecule has 0 spiro atoms. The first-order valence-electron chi connectivity index (χ1n) is 15.4. The minimum absolute atomic E-state index is 0.0226. The maximum atomic E-state index is 12.8. The number of rotatable bonds is 9. The van der Waals surface area contributed by atoms with Crippen molar-refractivity contribution >= 4 is 34.7 Å². The van der Waals surface area contributed by atoms with Gasteiger partial charge in [-0.25, -0.2) is 9.97 Å². The molecule has 1 aliphatic carbocycles. The lowest BCUT2D eigenvalue weighted by Crippen LogP contribution is -2.46. The van der Waals surface area contributed by atoms with Gasteiger partial charge in [0.2, 0.25) is 5.88 Å². The van der Waals surface area contributed by atoms with Crippen molar-refractivity contribution in [2.45, 2.75) is 44.4 Å². The number of hydrogen-bond donors (Lipinski definition) is 4. The van der Waals surface area contributed by atoms with Crippen molar-refractivity contribution < 1.29 is 19.0 Å². The van der Waals surface area contributed by atoms with Crippen molar-refractivity contribution in [1.82, 2.24) is 15.3 Å². The number of halogens is 1. The number of amides is 1. The van der Waals surface area contributed by atoms with E-state index in [0.717, 1.165) is 57.6 Å². The first kappa shape index (κ1) is 31.7. The first-order valence-corrected chi connectivity index (χ1v) is 15.8. The highest BCUT2D eigenvalue weighted by atomic mass is 35.5. The Kier molecular flexibility index (Phi) is 9.42. The molecule has 2 aromatic carbocycles. The fraction of sp³-hybridized carbons (Fsp3) is 0.343. The number of carbonyl (C=O) groups is 1. The highest BCUT2D eigenvalue weighted by Crippen LogP contribution is 2.42. The summed E-state index contributed by atoms with van der Waals surface area (Å²) in [5.41, 5.74) is 14.7. The summed E-state index contributed by atoms with van der Waals surface area (Å²) < 4.78 is 17.8. The molecule has 3 atom stereocenters. The zero-order chi connectivity index (χ0) is 32.4. The first-order chi connectivity index (χ1) is 22.3. The Morgan fingerprint density at radius 3 is 2.61 bits per heavy atom. The largest absolute Gasteiger partial charge is 0.481 e. The molecule has 1 amide bonds. The highest BCUT2D eigenvalue weighted by Gasteiger charge is 2.32. The van der Waals surface area contributed by atoms with E-state index in [1.807, 2.05) is 43.3 Å². The lowest BCUT2D eigenvalue weighted by atomic mass is 9.96. The van der Waals surface area contributed by atoms with E-state index in [9.17, 15) is 4.79 Å². The van der Waals surface area contributed by atoms with Gasteiger partial charge < -0.3 is 35.9 Å². The molecule has 6 rings (SSSR count). The summed E-state index contributed by atoms with van der Waals surface area (Å²) in [6, 6.07) is 15.7. The predicted molar refractivity (Wildman–Crippen MR) is 181 cm³/mol. The van der Waals surface area contributed by atoms with Gasteiger partial charge in [0.15, 0.2) is 0 Å². The fourth-order valence-electron chi connectivity index (χ4n) is 6.31. The molecular weight excluding hydrogens is 604 g/mol. The molecule has 2 aliphatic rings. The molecule has 1 unspecified atom stereocenters. The second kappa shape index (κ2) is 13.6. The van der Waals surface area contributed by atoms with Gasteiger partial charge in [-0.1, -0.05) is 41.9 Å². The van der Waals surface area contributed by atoms with Crippen LogP contribution in [-0.2, 0) is 22.3 Å². The number of ether oxygens (including phenoxy) is 3. The topological polar surface area (TPSA) is 133 Å². The third-order valence-corrected chi connectivity index (χ3v) is 9.21. The normalized spacial score (nSPS) is 19.0. The van der Waals surface area contributed by atoms with Crippen LogP contribution in [0.2, 0.25) is 5.02 Å². The third kappa shape index (κ3) is 6.13. The SMILES string of the molecule is CNC(=O)c1c(NC)ccnc1Nc1cccc(-c2cccc(-c3cc4c(c(OC)n3)CC(O[C@@H]3COCC[C@@H]3N)C4)c2Cl)c1C. The fourth-order valence-corrected chi connectivity index (χ4v) is 6.64. The Morgan fingerprint density at radius 1 is 1.07 bits per heavy atom. The summed E-state index contributed by atoms with van der Waals surface area (Å²) in [5, 5.41) is 9.73. The molecule has 2 aromatic heterocycles. The Bertz CT molecular complexity index is 1770. The van der Waals surface area contributed by atoms with Crippen LogP contribution < -0.4 is 26.4 Å². The van der Waals surface area contributed by atoms with E-state index in [1.54, 1.807) is 33.5 Å². The Morgan fingerprint density at radius 2 is 1.85 bits per heavy atom. The minimum Gasteiger partial charge on any atom is -0.481 e. The zero-order valence-electron chi connectivity index (χ0n) is 26.4. The smallest absolute Gasteiger partial charge is 0.256 e. The second-order valence-corrected chi connectivity index (χ2v) is 11.9. The Balaban J connectivity index is 1.31. The Hall–Kier alpha value is -4.22. The summed E-state index contributed by atoms with van der Waals surface area (Å²) in [6.45, 7) is 3.21. The van der Waals surface area contributed by atoms with E-state index in [0.29, 0.717) is 47.6 Å². The average molecular weight is 643 g/mol. The number of nitrogens with one attached hydrogen (secondary N) is 3. The van der Waals surface area contributed by atoms with E-state index in [1.165, 1.54) is 0 Å². The molecule has 46 heavy (non-hydrogen) atoms. The number of fused-ring (bicyclic) bond motifs is 1. The number of anilines is 3. The molecular formula is C35H39ClN6O4. The molecule has 4 aromatic rings. The van der Waals surface area contributed by atoms with Crippen LogP contribution in [0.4, 0.5) is 17.2 Å². The maximum Gasteiger partial charge on any atom is 0.256 e. The predicted octanol–water partition coefficient (Wildman–Crippen LogP) is 5.53. The number of pyridine rings is 2. The van der Waals surface area contributed by atoms with Gasteiger partial charge in [0.25, 0.3) is 5.91 Å². The van der Waals surface area contributed by atoms with Crippen molar-refractivity contribution in [3.63, 3.8) is 0 Å². The number of nitrogens with zero attached hydrogens (tertiary/aromatic N) is 2. The molecule has 1 aliphatic heterocycles. The zero-order valence-corrected chi connectivity index (χ0v) is 27.2. The summed E-state index contributed by atoms with van der Waals surface area (Å²) in [4.78, 5) is 22.1. The summed E-state index contributed by atoms with van der Waals surface area (Å²) >= 11 is 7.18. The summed E-state index contributed by atoms with van der Waals surface area (Å²) in [5.74, 6) is 0.780. The monoisotopic (exact) mass is 642 g/mol. The van der Waals surface area contributed by atoms with E-state index in [-0.39, 0.29) is 24.2 Å². The molecule has 1 saturated heterocycles. The van der Waals surface area contributed by atoms with Crippen LogP contribution in [0.5, 0.6) is 5.88 Å². The van der Waals surface area contributed by atoms with Gasteiger partial charge in [0.05, 0.1) is 42.3 Å². The molecule has 1 fully saturated rings. The summed E-state index contributed by atoms with van der Waals surface area (Å²) in [6.07, 6.45) is 3.75. The number of carbonyl (C=O) groups excluding carboxylic acids is 1. The van der Waals surface area contributed by atoms with E-state index >= 15 is 0 Å². The molecule has 10 nitrogen and oxygen atoms in total. The standard InChI is InChI=1S/C35H39ClN6O4/c1-19-22(7-6-10-27(19)41-33-31(34(43)39-3)28(38-2)11-13-40-33)23-8-5-9-24(32(23)36)29-16-20-15-21(17-25(20)35(42-29)44-4)46-30-18-45-14-12-26(30)37/h5-11,13,16,21,26,30H,12,14-15,17-18,37H2,1-4H3,(H,39,43)(H2,38,40,41)/t21?,26-,30+/m0/s1. The number of benzene rings is 2. The van der Waals surface area contributed by atoms with Crippen LogP contribution in [0, 0.1) is 6.92 Å². The Labute approximate surface area is 274 Å². The molecule has 240 valence electrons. The van der Waals surface area contributed by atoms with Gasteiger partial charge in [-0.05, 0) is 54.7 Å². The highest BCUT2D eigenvalue weighted by molar-refractivity contribution is 6.36. The molecule has 0 radical (unpaired) electrons. The van der Waals surface area contributed by atoms with E-state index < -0.39 is 0 Å². The van der Waals surface area contributed by atoms with Crippen molar-refractivity contribution in [2.24, 2.45) is 5.73 Å². The second-order valence-electron chi connectivity index (χ2n) is 11.6. The molecule has 0 saturated carbocycles. The van der Waals surface area contributed by atoms with Gasteiger partial charge in [-0.3, -0.25) is 4.79 Å². The van der Waals surface area contributed by atoms with Crippen molar-refractivity contribution in [1.29, 1.82) is 0 Å². The molecule has 5 N–H and O–H groups in total. The minimum atomic E-state index is -0.244. The quantitative estimate of drug-likeness (QED) is 0.186. The van der Waals surface area contributed by atoms with Gasteiger partial charge in [0, 0.05) is 61.7 Å². The van der Waals surface area contributed by atoms with Crippen molar-refractivity contribution in [2.75, 3.05) is 45.1 Å². The van der Waals surface area contributed by atoms with Gasteiger partial charge >= 0.3 is 0 Å². The summed E-state index contributed by atoms with van der Waals surface area (Å²) in [7, 11) is 5.01. The molecule has 3 heterocycles. The van der Waals surface area contributed by atoms with Crippen molar-refractivity contribution in [3.8, 4) is 28.3 Å². The lowest BCUT2D eigenvalue weighted by molar-refractivity contribution is -0.0901. The number of methoxy groups -OCH3 is 1. The van der Waals surface area contributed by atoms with Gasteiger partial charge in [-0.15, -0.1) is 0 Å². The van der Waals surface area contributed by atoms with E-state index in [2.05, 4.69) is 27.0 Å². The average Bonchev–Trinajstić information content (AvgIpc) is 3.48. The molecule has 0 bridgehead atoms. The number of nitrogens with two attached hydrogens (primary N) is 1. The van der Waals surface area contributed by atoms with Crippen LogP contribution in [0.1, 0.15) is 33.5 Å². The van der Waals surface area contributed by atoms with Crippen molar-refractivity contribution in [3.05, 3.63) is 82.0 Å². The van der Waals surface area contributed by atoms with Gasteiger partial charge in [-0.2, -0.15) is 0 Å². The van der Waals surface area contributed by atoms with Crippen LogP contribution in [0.15, 0.2) is 54.7 Å². The lowest BCUT2D eigenvalue weighted by Gasteiger charge is -2.30. The van der Waals surface area contributed by atoms with Crippen LogP contribution in [0.3, 0.4) is 0 Å². The van der Waals surface area contributed by atoms with Crippen LogP contribution in [-0.4, -0.2) is 68.5 Å². The van der Waals surface area contributed by atoms with Gasteiger partial charge in [0.1, 0.15) is 11.4 Å². The maximum absolute atomic E-state index is 12.8. The third-order valence-electron chi connectivity index (χ3n) is 8.80. The molecule has 11 heteroatoms. The number of hydrogen-bond acceptors (Lipinski definition) is 9. The van der Waals surface area contributed by atoms with Crippen LogP contribution >= 0.6 is 11.6 Å². The number of aromatic nitrogens is 2. The van der Waals surface area contributed by atoms with Crippen LogP contribution in [0.25, 0.3) is 22.4 Å². The van der Waals surface area contributed by atoms with E-state index in [4.69, 9.17) is 36.5 Å².